The quantitative estimate of drug-likeness (QED) is 0.851. The first-order chi connectivity index (χ1) is 9.61. The number of methoxy groups -OCH3 is 1. The Bertz CT molecular complexity index is 526. The maximum atomic E-state index is 10.3. The summed E-state index contributed by atoms with van der Waals surface area (Å²) in [5.74, 6) is 1.68. The van der Waals surface area contributed by atoms with Crippen LogP contribution in [0.5, 0.6) is 5.75 Å². The van der Waals surface area contributed by atoms with E-state index in [1.165, 1.54) is 0 Å². The van der Waals surface area contributed by atoms with Gasteiger partial charge in [-0.1, -0.05) is 0 Å². The first-order valence-electron chi connectivity index (χ1n) is 6.68. The second-order valence-electron chi connectivity index (χ2n) is 4.90. The van der Waals surface area contributed by atoms with Crippen LogP contribution >= 0.6 is 0 Å². The Labute approximate surface area is 119 Å². The summed E-state index contributed by atoms with van der Waals surface area (Å²) in [4.78, 5) is 0. The third-order valence-corrected chi connectivity index (χ3v) is 3.35. The minimum atomic E-state index is -0.545. The van der Waals surface area contributed by atoms with Gasteiger partial charge in [-0.25, -0.2) is 0 Å². The third-order valence-electron chi connectivity index (χ3n) is 3.35. The molecule has 1 aromatic carbocycles. The molecule has 1 heterocycles. The van der Waals surface area contributed by atoms with Gasteiger partial charge in [-0.05, 0) is 54.8 Å². The fourth-order valence-corrected chi connectivity index (χ4v) is 2.43. The smallest absolute Gasteiger partial charge is 0.119 e. The Morgan fingerprint density at radius 2 is 2.00 bits per heavy atom. The first kappa shape index (κ1) is 14.6. The van der Waals surface area contributed by atoms with E-state index in [2.05, 4.69) is 5.32 Å². The van der Waals surface area contributed by atoms with E-state index in [1.54, 1.807) is 13.4 Å². The van der Waals surface area contributed by atoms with E-state index in [0.29, 0.717) is 13.1 Å². The van der Waals surface area contributed by atoms with Crippen molar-refractivity contribution in [1.29, 1.82) is 0 Å². The van der Waals surface area contributed by atoms with Crippen LogP contribution in [-0.2, 0) is 6.54 Å². The Kier molecular flexibility index (Phi) is 4.82. The van der Waals surface area contributed by atoms with Crippen LogP contribution in [0.15, 0.2) is 34.9 Å². The number of aryl methyl sites for hydroxylation is 2. The number of furan rings is 1. The topological polar surface area (TPSA) is 54.6 Å². The monoisotopic (exact) mass is 275 g/mol. The number of rotatable bonds is 6. The lowest BCUT2D eigenvalue weighted by atomic mass is 9.97. The number of hydrogen-bond donors (Lipinski definition) is 2. The van der Waals surface area contributed by atoms with Crippen LogP contribution in [0.1, 0.15) is 28.6 Å². The highest BCUT2D eigenvalue weighted by molar-refractivity contribution is 5.42. The van der Waals surface area contributed by atoms with Gasteiger partial charge in [0.1, 0.15) is 11.5 Å². The number of aliphatic hydroxyl groups is 1. The molecule has 1 unspecified atom stereocenters. The average Bonchev–Trinajstić information content (AvgIpc) is 2.91. The Morgan fingerprint density at radius 1 is 1.30 bits per heavy atom. The van der Waals surface area contributed by atoms with Gasteiger partial charge in [0, 0.05) is 6.54 Å². The molecule has 1 aromatic heterocycles. The zero-order chi connectivity index (χ0) is 14.5. The summed E-state index contributed by atoms with van der Waals surface area (Å²) in [5.41, 5.74) is 3.03. The molecule has 2 aromatic rings. The summed E-state index contributed by atoms with van der Waals surface area (Å²) in [6.45, 7) is 5.06. The highest BCUT2D eigenvalue weighted by atomic mass is 16.5. The van der Waals surface area contributed by atoms with Crippen molar-refractivity contribution in [3.8, 4) is 5.75 Å². The van der Waals surface area contributed by atoms with Crippen molar-refractivity contribution in [2.45, 2.75) is 26.5 Å². The molecule has 2 N–H and O–H groups in total. The van der Waals surface area contributed by atoms with Crippen LogP contribution in [0.2, 0.25) is 0 Å². The van der Waals surface area contributed by atoms with E-state index in [-0.39, 0.29) is 0 Å². The van der Waals surface area contributed by atoms with Crippen LogP contribution in [0.3, 0.4) is 0 Å². The minimum absolute atomic E-state index is 0.481. The van der Waals surface area contributed by atoms with Crippen LogP contribution in [0.4, 0.5) is 0 Å². The Hall–Kier alpha value is -1.78. The predicted octanol–water partition coefficient (Wildman–Crippen LogP) is 2.73. The van der Waals surface area contributed by atoms with Gasteiger partial charge in [-0.3, -0.25) is 0 Å². The number of ether oxygens (including phenoxy) is 1. The molecule has 0 aliphatic heterocycles. The molecule has 1 atom stereocenters. The van der Waals surface area contributed by atoms with E-state index in [1.807, 2.05) is 38.1 Å². The van der Waals surface area contributed by atoms with Gasteiger partial charge in [-0.2, -0.15) is 0 Å². The Morgan fingerprint density at radius 3 is 2.55 bits per heavy atom. The van der Waals surface area contributed by atoms with Gasteiger partial charge >= 0.3 is 0 Å². The van der Waals surface area contributed by atoms with E-state index < -0.39 is 6.10 Å². The molecule has 4 nitrogen and oxygen atoms in total. The molecule has 0 amide bonds. The van der Waals surface area contributed by atoms with Crippen molar-refractivity contribution in [1.82, 2.24) is 5.32 Å². The maximum absolute atomic E-state index is 10.3. The maximum Gasteiger partial charge on any atom is 0.119 e. The summed E-state index contributed by atoms with van der Waals surface area (Å²) < 4.78 is 10.5. The molecule has 0 spiro atoms. The van der Waals surface area contributed by atoms with Gasteiger partial charge in [0.05, 0.1) is 26.0 Å². The van der Waals surface area contributed by atoms with Crippen LogP contribution in [-0.4, -0.2) is 18.8 Å². The third kappa shape index (κ3) is 3.40. The molecule has 20 heavy (non-hydrogen) atoms. The molecule has 0 fully saturated rings. The SMILES string of the molecule is COc1cc(C)c(C(O)CNCc2ccco2)c(C)c1. The molecule has 108 valence electrons. The summed E-state index contributed by atoms with van der Waals surface area (Å²) in [6.07, 6.45) is 1.10. The van der Waals surface area contributed by atoms with Gasteiger partial charge in [0.25, 0.3) is 0 Å². The second kappa shape index (κ2) is 6.59. The lowest BCUT2D eigenvalue weighted by Gasteiger charge is -2.18. The fraction of sp³-hybridized carbons (Fsp3) is 0.375. The lowest BCUT2D eigenvalue weighted by molar-refractivity contribution is 0.172. The van der Waals surface area contributed by atoms with Crippen LogP contribution < -0.4 is 10.1 Å². The summed E-state index contributed by atoms with van der Waals surface area (Å²) >= 11 is 0. The van der Waals surface area contributed by atoms with E-state index >= 15 is 0 Å². The molecule has 2 rings (SSSR count). The van der Waals surface area contributed by atoms with Crippen molar-refractivity contribution in [3.63, 3.8) is 0 Å². The summed E-state index contributed by atoms with van der Waals surface area (Å²) in [7, 11) is 1.65. The average molecular weight is 275 g/mol. The first-order valence-corrected chi connectivity index (χ1v) is 6.68. The van der Waals surface area contributed by atoms with Gasteiger partial charge in [0.2, 0.25) is 0 Å². The second-order valence-corrected chi connectivity index (χ2v) is 4.90. The fourth-order valence-electron chi connectivity index (χ4n) is 2.43. The van der Waals surface area contributed by atoms with Crippen molar-refractivity contribution in [2.24, 2.45) is 0 Å². The summed E-state index contributed by atoms with van der Waals surface area (Å²) in [6, 6.07) is 7.64. The number of benzene rings is 1. The molecule has 0 aliphatic rings. The van der Waals surface area contributed by atoms with E-state index in [0.717, 1.165) is 28.2 Å². The highest BCUT2D eigenvalue weighted by Gasteiger charge is 2.14. The predicted molar refractivity (Wildman–Crippen MR) is 77.8 cm³/mol. The normalized spacial score (nSPS) is 12.4. The highest BCUT2D eigenvalue weighted by Crippen LogP contribution is 2.26. The zero-order valence-electron chi connectivity index (χ0n) is 12.1. The van der Waals surface area contributed by atoms with Gasteiger partial charge in [0.15, 0.2) is 0 Å². The van der Waals surface area contributed by atoms with Crippen molar-refractivity contribution < 1.29 is 14.3 Å². The van der Waals surface area contributed by atoms with Crippen molar-refractivity contribution in [2.75, 3.05) is 13.7 Å². The molecule has 0 aliphatic carbocycles. The number of aliphatic hydroxyl groups excluding tert-OH is 1. The van der Waals surface area contributed by atoms with Gasteiger partial charge < -0.3 is 19.6 Å². The number of nitrogens with one attached hydrogen (secondary N) is 1. The summed E-state index contributed by atoms with van der Waals surface area (Å²) in [5, 5.41) is 13.5. The molecule has 0 saturated heterocycles. The molecular formula is C16H21NO3. The van der Waals surface area contributed by atoms with Crippen molar-refractivity contribution >= 4 is 0 Å². The van der Waals surface area contributed by atoms with Gasteiger partial charge in [-0.15, -0.1) is 0 Å². The molecular weight excluding hydrogens is 254 g/mol. The molecule has 0 radical (unpaired) electrons. The van der Waals surface area contributed by atoms with E-state index in [4.69, 9.17) is 9.15 Å². The van der Waals surface area contributed by atoms with Crippen LogP contribution in [0, 0.1) is 13.8 Å². The largest absolute Gasteiger partial charge is 0.497 e. The van der Waals surface area contributed by atoms with Crippen LogP contribution in [0.25, 0.3) is 0 Å². The van der Waals surface area contributed by atoms with Crippen molar-refractivity contribution in [3.05, 3.63) is 53.0 Å². The lowest BCUT2D eigenvalue weighted by Crippen LogP contribution is -2.22. The zero-order valence-corrected chi connectivity index (χ0v) is 12.1. The molecule has 0 saturated carbocycles. The molecule has 0 bridgehead atoms. The minimum Gasteiger partial charge on any atom is -0.497 e. The van der Waals surface area contributed by atoms with E-state index in [9.17, 15) is 5.11 Å². The Balaban J connectivity index is 2.00. The number of hydrogen-bond acceptors (Lipinski definition) is 4. The standard InChI is InChI=1S/C16H21NO3/c1-11-7-14(19-3)8-12(2)16(11)15(18)10-17-9-13-5-4-6-20-13/h4-8,15,17-18H,9-10H2,1-3H3. The molecule has 4 heteroatoms.